The summed E-state index contributed by atoms with van der Waals surface area (Å²) in [6, 6.07) is 22.1. The predicted octanol–water partition coefficient (Wildman–Crippen LogP) is 5.34. The normalized spacial score (nSPS) is 21.0. The Morgan fingerprint density at radius 2 is 1.87 bits per heavy atom. The van der Waals surface area contributed by atoms with Gasteiger partial charge in [0.05, 0.1) is 18.8 Å². The molecular weight excluding hydrogens is 573 g/mol. The van der Waals surface area contributed by atoms with E-state index in [1.54, 1.807) is 18.2 Å². The Morgan fingerprint density at radius 3 is 2.67 bits per heavy atom. The number of aliphatic hydroxyl groups is 1. The van der Waals surface area contributed by atoms with Crippen LogP contribution in [0.2, 0.25) is 0 Å². The van der Waals surface area contributed by atoms with Gasteiger partial charge in [-0.15, -0.1) is 0 Å². The zero-order chi connectivity index (χ0) is 31.6. The third-order valence-electron chi connectivity index (χ3n) is 8.25. The first kappa shape index (κ1) is 32.1. The Morgan fingerprint density at radius 1 is 1.09 bits per heavy atom. The predicted molar refractivity (Wildman–Crippen MR) is 168 cm³/mol. The van der Waals surface area contributed by atoms with Crippen LogP contribution in [0.1, 0.15) is 42.9 Å². The van der Waals surface area contributed by atoms with Crippen LogP contribution in [0.25, 0.3) is 11.1 Å². The lowest BCUT2D eigenvalue weighted by Crippen LogP contribution is -2.64. The summed E-state index contributed by atoms with van der Waals surface area (Å²) in [6.07, 6.45) is 3.83. The molecule has 2 N–H and O–H groups in total. The van der Waals surface area contributed by atoms with Gasteiger partial charge in [0, 0.05) is 34.6 Å². The summed E-state index contributed by atoms with van der Waals surface area (Å²) in [5.74, 6) is 4.49. The summed E-state index contributed by atoms with van der Waals surface area (Å²) >= 11 is 0. The van der Waals surface area contributed by atoms with Crippen molar-refractivity contribution in [2.75, 3.05) is 26.6 Å². The van der Waals surface area contributed by atoms with E-state index in [4.69, 9.17) is 19.3 Å². The molecule has 1 heterocycles. The number of nitrogens with one attached hydrogen (secondary N) is 1. The topological polar surface area (TPSA) is 94.1 Å². The standard InChI is InChI=1S/C37H38FNO6/c1-26-19-32(36(42)45-22-27-11-4-2-5-12-27)33(37(21-26)24-44-23-34(41)39-37)20-29-15-10-17-31(35(29)38)30-16-8-7-14-28(30)13-6-3-9-18-43-25-40/h2,4-5,7-8,10-12,14-17,19,26,33,40H,3,9,18,20-25H2,1H3,(H,39,41)/t26-,33?,37?/m0/s1. The molecule has 0 saturated carbocycles. The van der Waals surface area contributed by atoms with Crippen molar-refractivity contribution >= 4 is 11.9 Å². The number of hydrogen-bond donors (Lipinski definition) is 2. The number of unbranched alkanes of at least 4 members (excludes halogenated alkanes) is 1. The summed E-state index contributed by atoms with van der Waals surface area (Å²) in [5, 5.41) is 11.9. The molecule has 0 bridgehead atoms. The van der Waals surface area contributed by atoms with Crippen LogP contribution in [0.4, 0.5) is 4.39 Å². The molecule has 0 aromatic heterocycles. The second kappa shape index (κ2) is 15.1. The van der Waals surface area contributed by atoms with Crippen molar-refractivity contribution in [3.8, 4) is 23.0 Å². The number of morpholine rings is 1. The summed E-state index contributed by atoms with van der Waals surface area (Å²) in [5.41, 5.74) is 2.55. The molecule has 234 valence electrons. The fourth-order valence-electron chi connectivity index (χ4n) is 6.27. The monoisotopic (exact) mass is 611 g/mol. The highest BCUT2D eigenvalue weighted by Gasteiger charge is 2.49. The number of amides is 1. The van der Waals surface area contributed by atoms with Crippen LogP contribution in [-0.4, -0.2) is 49.1 Å². The van der Waals surface area contributed by atoms with E-state index in [0.717, 1.165) is 5.56 Å². The molecular formula is C37H38FNO6. The van der Waals surface area contributed by atoms with Gasteiger partial charge in [0.25, 0.3) is 0 Å². The number of benzene rings is 3. The summed E-state index contributed by atoms with van der Waals surface area (Å²) < 4.78 is 32.9. The largest absolute Gasteiger partial charge is 0.457 e. The molecule has 3 atom stereocenters. The van der Waals surface area contributed by atoms with Crippen LogP contribution in [0, 0.1) is 29.5 Å². The number of hydrogen-bond acceptors (Lipinski definition) is 6. The molecule has 7 nitrogen and oxygen atoms in total. The van der Waals surface area contributed by atoms with Crippen molar-refractivity contribution in [1.29, 1.82) is 0 Å². The summed E-state index contributed by atoms with van der Waals surface area (Å²) in [6.45, 7) is 2.33. The molecule has 2 unspecified atom stereocenters. The highest BCUT2D eigenvalue weighted by Crippen LogP contribution is 2.42. The quantitative estimate of drug-likeness (QED) is 0.139. The molecule has 1 saturated heterocycles. The van der Waals surface area contributed by atoms with Gasteiger partial charge in [-0.05, 0) is 42.4 Å². The van der Waals surface area contributed by atoms with Crippen LogP contribution in [-0.2, 0) is 36.8 Å². The van der Waals surface area contributed by atoms with Crippen molar-refractivity contribution in [2.24, 2.45) is 11.8 Å². The van der Waals surface area contributed by atoms with Gasteiger partial charge in [-0.3, -0.25) is 4.79 Å². The molecule has 1 spiro atoms. The molecule has 1 aliphatic carbocycles. The molecule has 3 aromatic rings. The summed E-state index contributed by atoms with van der Waals surface area (Å²) in [7, 11) is 0. The van der Waals surface area contributed by atoms with Crippen molar-refractivity contribution in [2.45, 2.75) is 44.8 Å². The van der Waals surface area contributed by atoms with Gasteiger partial charge >= 0.3 is 5.97 Å². The Balaban J connectivity index is 1.46. The van der Waals surface area contributed by atoms with Crippen molar-refractivity contribution in [3.63, 3.8) is 0 Å². The number of ether oxygens (including phenoxy) is 3. The van der Waals surface area contributed by atoms with Gasteiger partial charge in [0.1, 0.15) is 25.8 Å². The van der Waals surface area contributed by atoms with Crippen LogP contribution < -0.4 is 5.32 Å². The molecule has 1 fully saturated rings. The Kier molecular flexibility index (Phi) is 10.8. The van der Waals surface area contributed by atoms with E-state index in [9.17, 15) is 9.59 Å². The highest BCUT2D eigenvalue weighted by atomic mass is 19.1. The second-order valence-corrected chi connectivity index (χ2v) is 11.6. The van der Waals surface area contributed by atoms with Crippen molar-refractivity contribution < 1.29 is 33.3 Å². The van der Waals surface area contributed by atoms with Gasteiger partial charge < -0.3 is 24.6 Å². The average Bonchev–Trinajstić information content (AvgIpc) is 3.04. The van der Waals surface area contributed by atoms with Gasteiger partial charge in [-0.1, -0.05) is 91.6 Å². The zero-order valence-corrected chi connectivity index (χ0v) is 25.4. The first-order valence-electron chi connectivity index (χ1n) is 15.3. The second-order valence-electron chi connectivity index (χ2n) is 11.6. The number of aliphatic hydroxyl groups excluding tert-OH is 1. The van der Waals surface area contributed by atoms with E-state index in [1.807, 2.05) is 67.6 Å². The molecule has 8 heteroatoms. The number of esters is 1. The minimum absolute atomic E-state index is 0.0423. The molecule has 3 aromatic carbocycles. The molecule has 1 aliphatic heterocycles. The van der Waals surface area contributed by atoms with Gasteiger partial charge in [-0.25, -0.2) is 9.18 Å². The lowest BCUT2D eigenvalue weighted by molar-refractivity contribution is -0.145. The van der Waals surface area contributed by atoms with E-state index in [1.165, 1.54) is 0 Å². The Hall–Kier alpha value is -4.29. The number of rotatable bonds is 10. The van der Waals surface area contributed by atoms with E-state index < -0.39 is 23.2 Å². The lowest BCUT2D eigenvalue weighted by Gasteiger charge is -2.48. The molecule has 0 radical (unpaired) electrons. The number of carbonyl (C=O) groups is 2. The number of halogens is 1. The molecule has 2 aliphatic rings. The van der Waals surface area contributed by atoms with Crippen LogP contribution in [0.5, 0.6) is 0 Å². The number of carbonyl (C=O) groups excluding carboxylic acids is 2. The first-order chi connectivity index (χ1) is 21.9. The smallest absolute Gasteiger partial charge is 0.334 e. The van der Waals surface area contributed by atoms with Crippen molar-refractivity contribution in [3.05, 3.63) is 107 Å². The highest BCUT2D eigenvalue weighted by molar-refractivity contribution is 5.90. The van der Waals surface area contributed by atoms with E-state index in [-0.39, 0.29) is 44.9 Å². The minimum Gasteiger partial charge on any atom is -0.457 e. The van der Waals surface area contributed by atoms with Crippen molar-refractivity contribution in [1.82, 2.24) is 5.32 Å². The maximum absolute atomic E-state index is 16.5. The SMILES string of the molecule is C[C@H]1C=C(C(=O)OCc2ccccc2)C(Cc2cccc(-c3ccccc3C#CCCCOCO)c2F)C2(COCC(=O)N2)C1. The first-order valence-corrected chi connectivity index (χ1v) is 15.3. The minimum atomic E-state index is -0.893. The maximum atomic E-state index is 16.5. The van der Waals surface area contributed by atoms with Gasteiger partial charge in [-0.2, -0.15) is 0 Å². The number of allylic oxidation sites excluding steroid dienone is 1. The lowest BCUT2D eigenvalue weighted by atomic mass is 9.66. The maximum Gasteiger partial charge on any atom is 0.334 e. The molecule has 45 heavy (non-hydrogen) atoms. The van der Waals surface area contributed by atoms with Crippen LogP contribution >= 0.6 is 0 Å². The molecule has 1 amide bonds. The van der Waals surface area contributed by atoms with Crippen LogP contribution in [0.15, 0.2) is 84.4 Å². The molecule has 5 rings (SSSR count). The Labute approximate surface area is 263 Å². The van der Waals surface area contributed by atoms with E-state index >= 15 is 4.39 Å². The zero-order valence-electron chi connectivity index (χ0n) is 25.4. The van der Waals surface area contributed by atoms with Gasteiger partial charge in [0.15, 0.2) is 0 Å². The fraction of sp³-hybridized carbons (Fsp3) is 0.351. The summed E-state index contributed by atoms with van der Waals surface area (Å²) in [4.78, 5) is 26.3. The average molecular weight is 612 g/mol. The van der Waals surface area contributed by atoms with E-state index in [0.29, 0.717) is 53.7 Å². The van der Waals surface area contributed by atoms with E-state index in [2.05, 4.69) is 17.2 Å². The van der Waals surface area contributed by atoms with Gasteiger partial charge in [0.2, 0.25) is 5.91 Å². The van der Waals surface area contributed by atoms with Crippen LogP contribution in [0.3, 0.4) is 0 Å². The third kappa shape index (κ3) is 7.87. The fourth-order valence-corrected chi connectivity index (χ4v) is 6.27. The third-order valence-corrected chi connectivity index (χ3v) is 8.25. The Bertz CT molecular complexity index is 1590.